The van der Waals surface area contributed by atoms with E-state index in [1.807, 2.05) is 66.7 Å². The molecule has 0 aliphatic heterocycles. The molecule has 17 aromatic carbocycles. The van der Waals surface area contributed by atoms with Gasteiger partial charge >= 0.3 is 0 Å². The molecule has 2 atom stereocenters. The summed E-state index contributed by atoms with van der Waals surface area (Å²) in [6.45, 7) is 4.46. The maximum atomic E-state index is 6.32. The predicted octanol–water partition coefficient (Wildman–Crippen LogP) is 30.9. The number of fused-ring (bicyclic) bond motifs is 9. The first-order valence-corrected chi connectivity index (χ1v) is 45.0. The summed E-state index contributed by atoms with van der Waals surface area (Å²) in [5, 5.41) is 7.68. The number of pyridine rings is 1. The Morgan fingerprint density at radius 3 is 0.946 bits per heavy atom. The third-order valence-electron chi connectivity index (χ3n) is 25.2. The Bertz CT molecular complexity index is 7270. The fraction of sp³-hybridized carbons (Fsp3) is 0.0756. The van der Waals surface area contributed by atoms with Gasteiger partial charge in [-0.2, -0.15) is 0 Å². The van der Waals surface area contributed by atoms with Gasteiger partial charge < -0.3 is 18.6 Å². The van der Waals surface area contributed by atoms with Crippen LogP contribution < -0.4 is 4.90 Å². The molecule has 10 heteroatoms. The van der Waals surface area contributed by atoms with Gasteiger partial charge in [0.1, 0.15) is 0 Å². The minimum absolute atomic E-state index is 0.0386. The molecule has 0 bridgehead atoms. The first-order valence-electron chi connectivity index (χ1n) is 44.9. The van der Waals surface area contributed by atoms with Crippen molar-refractivity contribution >= 4 is 99.6 Å². The Balaban J connectivity index is 0.000000121. The number of benzene rings is 17. The van der Waals surface area contributed by atoms with Crippen molar-refractivity contribution in [1.82, 2.24) is 33.6 Å². The number of hydrogen-bond acceptors (Lipinski definition) is 5. The van der Waals surface area contributed by atoms with E-state index < -0.39 is 6.04 Å². The first-order chi connectivity index (χ1) is 64.0. The zero-order valence-corrected chi connectivity index (χ0v) is 73.2. The lowest BCUT2D eigenvalue weighted by Gasteiger charge is -2.39. The van der Waals surface area contributed by atoms with Crippen LogP contribution in [-0.2, 0) is 5.41 Å². The summed E-state index contributed by atoms with van der Waals surface area (Å²) in [6, 6.07) is 159. The Labute approximate surface area is 758 Å². The van der Waals surface area contributed by atoms with Gasteiger partial charge in [-0.15, -0.1) is 9.24 Å². The van der Waals surface area contributed by atoms with Crippen molar-refractivity contribution in [3.63, 3.8) is 0 Å². The average Bonchev–Trinajstić information content (AvgIpc) is 1.59. The SMILES string of the molecule is Cc1cc(-n2c3ccccc3c3ccccc32)ccc1-c1ccc(-n2c3ccccc3c3ccccc32)cc1C.[2H]C([B])P.c1ccc(-c2cc(-c3ccccc3)nc(-c3cccc(-n4c5ccccc5c5ccccc54)c3)c2)cc1.c1ccc(-c2nc(-c3ccccc3)nc(-c3ccc(C4(c5ccc(N(c6ccccc6)c6ccccc6)cc5)CCCCC4)cc3)n2)cc1. The second-order valence-corrected chi connectivity index (χ2v) is 33.4. The van der Waals surface area contributed by atoms with E-state index in [0.29, 0.717) is 17.5 Å². The van der Waals surface area contributed by atoms with Crippen LogP contribution in [0, 0.1) is 13.8 Å². The van der Waals surface area contributed by atoms with Crippen LogP contribution in [0.3, 0.4) is 0 Å². The summed E-state index contributed by atoms with van der Waals surface area (Å²) < 4.78 is 13.5. The van der Waals surface area contributed by atoms with Gasteiger partial charge in [0, 0.05) is 101 Å². The summed E-state index contributed by atoms with van der Waals surface area (Å²) in [5.74, 6) is 2.04. The first kappa shape index (κ1) is 80.7. The Morgan fingerprint density at radius 2 is 0.574 bits per heavy atom. The summed E-state index contributed by atoms with van der Waals surface area (Å²) in [5.41, 5.74) is 31.5. The van der Waals surface area contributed by atoms with Gasteiger partial charge in [0.2, 0.25) is 0 Å². The van der Waals surface area contributed by atoms with E-state index in [1.165, 1.54) is 135 Å². The molecule has 1 aliphatic carbocycles. The standard InChI is InChI=1S/C45H38N4.C38H28N2.C35H24N2.CH4BP/c1-6-16-34(17-7-1)42-46-43(35-18-8-2-9-19-35)48-44(47-42)36-24-26-37(27-25-36)45(32-14-5-15-33-45)38-28-30-41(31-29-38)49(39-20-10-3-11-21-39)40-22-12-4-13-23-40;1-25-23-27(39-35-15-7-3-11-31(35)32-12-4-8-16-36(32)39)19-21-29(25)30-22-20-28(24-26(30)2)40-37-17-9-5-13-33(37)34-14-6-10-18-38(34)40;1-3-12-25(13-4-1)28-23-32(26-14-5-2-6-15-26)36-33(24-28)27-16-11-17-29(22-27)37-34-20-9-7-18-30(34)31-19-8-10-21-35(31)37;2-1-3/h1-4,6-13,16-31H,5,14-15,32-33H2;3-24H,1-2H3;1-24H;1,3H2/i;;;1D. The van der Waals surface area contributed by atoms with E-state index in [0.717, 1.165) is 80.4 Å². The normalized spacial score (nSPS) is 12.6. The Hall–Kier alpha value is -15.4. The van der Waals surface area contributed by atoms with Crippen LogP contribution in [0.5, 0.6) is 0 Å². The number of nitrogens with zero attached hydrogens (tertiary/aromatic N) is 8. The van der Waals surface area contributed by atoms with E-state index in [4.69, 9.17) is 29.2 Å². The number of aryl methyl sites for hydroxylation is 2. The number of aromatic nitrogens is 7. The molecule has 0 N–H and O–H groups in total. The van der Waals surface area contributed by atoms with Gasteiger partial charge in [0.25, 0.3) is 0 Å². The third kappa shape index (κ3) is 16.5. The quantitative estimate of drug-likeness (QED) is 0.0756. The largest absolute Gasteiger partial charge is 0.311 e. The van der Waals surface area contributed by atoms with Gasteiger partial charge in [0.15, 0.2) is 17.5 Å². The van der Waals surface area contributed by atoms with Crippen LogP contribution in [0.15, 0.2) is 449 Å². The van der Waals surface area contributed by atoms with Crippen molar-refractivity contribution in [2.45, 2.75) is 51.4 Å². The Kier molecular flexibility index (Phi) is 23.2. The van der Waals surface area contributed by atoms with Crippen molar-refractivity contribution in [1.29, 1.82) is 0 Å². The molecule has 0 amide bonds. The highest BCUT2D eigenvalue weighted by molar-refractivity contribution is 7.19. The molecule has 1 saturated carbocycles. The summed E-state index contributed by atoms with van der Waals surface area (Å²) in [6.07, 6.45) is 5.99. The van der Waals surface area contributed by atoms with Crippen molar-refractivity contribution in [3.8, 4) is 96.0 Å². The average molecular weight is 1680 g/mol. The predicted molar refractivity (Wildman–Crippen MR) is 546 cm³/mol. The lowest BCUT2D eigenvalue weighted by molar-refractivity contribution is 0.346. The molecule has 2 radical (unpaired) electrons. The topological polar surface area (TPSA) is 69.6 Å². The zero-order valence-electron chi connectivity index (χ0n) is 73.1. The van der Waals surface area contributed by atoms with E-state index in [-0.39, 0.29) is 5.41 Å². The van der Waals surface area contributed by atoms with E-state index in [2.05, 4.69) is 424 Å². The van der Waals surface area contributed by atoms with Crippen LogP contribution in [0.1, 0.15) is 55.7 Å². The fourth-order valence-electron chi connectivity index (χ4n) is 19.1. The fourth-order valence-corrected chi connectivity index (χ4v) is 19.1. The maximum Gasteiger partial charge on any atom is 0.164 e. The lowest BCUT2D eigenvalue weighted by atomic mass is 9.65. The highest BCUT2D eigenvalue weighted by atomic mass is 31.0. The summed E-state index contributed by atoms with van der Waals surface area (Å²) >= 11 is 0. The van der Waals surface area contributed by atoms with Gasteiger partial charge in [-0.25, -0.2) is 19.9 Å². The molecule has 0 spiro atoms. The lowest BCUT2D eigenvalue weighted by Crippen LogP contribution is -2.30. The number of para-hydroxylation sites is 8. The molecular formula is C119H94BN8P. The van der Waals surface area contributed by atoms with Crippen LogP contribution >= 0.6 is 9.24 Å². The van der Waals surface area contributed by atoms with Gasteiger partial charge in [-0.3, -0.25) is 0 Å². The van der Waals surface area contributed by atoms with Gasteiger partial charge in [0.05, 0.1) is 52.3 Å². The molecule has 8 nitrogen and oxygen atoms in total. The minimum atomic E-state index is -0.500. The third-order valence-corrected chi connectivity index (χ3v) is 25.2. The number of rotatable bonds is 15. The molecule has 618 valence electrons. The molecule has 1 aliphatic rings. The van der Waals surface area contributed by atoms with E-state index >= 15 is 0 Å². The molecule has 5 aromatic heterocycles. The Morgan fingerprint density at radius 1 is 0.279 bits per heavy atom. The molecular weight excluding hydrogens is 1580 g/mol. The second kappa shape index (κ2) is 37.0. The number of hydrogen-bond donors (Lipinski definition) is 0. The molecule has 0 saturated heterocycles. The monoisotopic (exact) mass is 1680 g/mol. The van der Waals surface area contributed by atoms with Crippen LogP contribution in [-0.4, -0.2) is 47.5 Å². The molecule has 1 fully saturated rings. The van der Waals surface area contributed by atoms with E-state index in [1.54, 1.807) is 0 Å². The van der Waals surface area contributed by atoms with Crippen molar-refractivity contribution in [2.75, 3.05) is 10.9 Å². The van der Waals surface area contributed by atoms with Crippen LogP contribution in [0.4, 0.5) is 17.1 Å². The van der Waals surface area contributed by atoms with Crippen molar-refractivity contribution < 1.29 is 1.37 Å². The zero-order chi connectivity index (χ0) is 87.9. The van der Waals surface area contributed by atoms with Crippen LogP contribution in [0.25, 0.3) is 161 Å². The maximum absolute atomic E-state index is 6.32. The van der Waals surface area contributed by atoms with Crippen molar-refractivity contribution in [2.24, 2.45) is 0 Å². The summed E-state index contributed by atoms with van der Waals surface area (Å²) in [4.78, 5) is 22.3. The molecule has 5 heterocycles. The second-order valence-electron chi connectivity index (χ2n) is 33.0. The number of anilines is 3. The van der Waals surface area contributed by atoms with Gasteiger partial charge in [-0.1, -0.05) is 353 Å². The minimum Gasteiger partial charge on any atom is -0.311 e. The smallest absolute Gasteiger partial charge is 0.164 e. The summed E-state index contributed by atoms with van der Waals surface area (Å²) in [7, 11) is 6.84. The highest BCUT2D eigenvalue weighted by Gasteiger charge is 2.36. The van der Waals surface area contributed by atoms with Gasteiger partial charge in [-0.05, 0) is 193 Å². The molecule has 2 unspecified atom stereocenters. The van der Waals surface area contributed by atoms with Crippen molar-refractivity contribution in [3.05, 3.63) is 471 Å². The molecule has 22 aromatic rings. The van der Waals surface area contributed by atoms with E-state index in [9.17, 15) is 0 Å². The highest BCUT2D eigenvalue weighted by Crippen LogP contribution is 2.48. The molecule has 129 heavy (non-hydrogen) atoms. The molecule has 23 rings (SSSR count). The van der Waals surface area contributed by atoms with Crippen LogP contribution in [0.2, 0.25) is 0 Å².